The molecule has 2 unspecified atom stereocenters. The second-order valence-electron chi connectivity index (χ2n) is 8.18. The lowest BCUT2D eigenvalue weighted by Crippen LogP contribution is -2.40. The minimum Gasteiger partial charge on any atom is -0.453 e. The number of halogens is 1. The van der Waals surface area contributed by atoms with Crippen LogP contribution in [0.25, 0.3) is 0 Å². The second-order valence-corrected chi connectivity index (χ2v) is 9.40. The minimum atomic E-state index is -0.603. The topological polar surface area (TPSA) is 83.5 Å². The quantitative estimate of drug-likeness (QED) is 0.741. The average Bonchev–Trinajstić information content (AvgIpc) is 3.18. The van der Waals surface area contributed by atoms with Crippen LogP contribution in [0.2, 0.25) is 0 Å². The van der Waals surface area contributed by atoms with E-state index in [1.807, 2.05) is 30.8 Å². The van der Waals surface area contributed by atoms with Gasteiger partial charge < -0.3 is 19.7 Å². The first kappa shape index (κ1) is 22.4. The van der Waals surface area contributed by atoms with Gasteiger partial charge in [0.15, 0.2) is 0 Å². The number of hydrogen-bond donors (Lipinski definition) is 1. The Labute approximate surface area is 190 Å². The molecule has 3 heterocycles. The molecule has 2 saturated heterocycles. The number of carbonyl (C=O) groups excluding carboxylic acids is 2. The summed E-state index contributed by atoms with van der Waals surface area (Å²) in [6.07, 6.45) is 2.29. The minimum absolute atomic E-state index is 0.119. The predicted molar refractivity (Wildman–Crippen MR) is 122 cm³/mol. The maximum Gasteiger partial charge on any atom is 0.414 e. The predicted octanol–water partition coefficient (Wildman–Crippen LogP) is 2.78. The van der Waals surface area contributed by atoms with Crippen molar-refractivity contribution < 1.29 is 23.5 Å². The van der Waals surface area contributed by atoms with E-state index < -0.39 is 29.5 Å². The highest BCUT2D eigenvalue weighted by atomic mass is 32.2. The molecule has 3 aliphatic heterocycles. The van der Waals surface area contributed by atoms with Crippen molar-refractivity contribution in [1.29, 1.82) is 0 Å². The largest absolute Gasteiger partial charge is 0.453 e. The maximum absolute atomic E-state index is 15.2. The SMILES string of the molecule is COC(=O)NCC1CN(c2ccc(C3(C)C=CC(N4CCSCC4)=NC3)c(F)c2)C(=O)O1. The molecule has 8 nitrogen and oxygen atoms in total. The molecule has 10 heteroatoms. The van der Waals surface area contributed by atoms with Crippen molar-refractivity contribution in [1.82, 2.24) is 10.2 Å². The van der Waals surface area contributed by atoms with Crippen LogP contribution in [-0.2, 0) is 14.9 Å². The monoisotopic (exact) mass is 462 g/mol. The lowest BCUT2D eigenvalue weighted by atomic mass is 9.80. The summed E-state index contributed by atoms with van der Waals surface area (Å²) in [5, 5.41) is 2.50. The molecule has 1 N–H and O–H groups in total. The number of benzene rings is 1. The summed E-state index contributed by atoms with van der Waals surface area (Å²) in [4.78, 5) is 31.8. The summed E-state index contributed by atoms with van der Waals surface area (Å²) in [5.74, 6) is 2.76. The zero-order valence-electron chi connectivity index (χ0n) is 18.2. The number of ether oxygens (including phenoxy) is 2. The number of nitrogens with one attached hydrogen (secondary N) is 1. The molecule has 32 heavy (non-hydrogen) atoms. The van der Waals surface area contributed by atoms with E-state index in [-0.39, 0.29) is 13.1 Å². The first-order chi connectivity index (χ1) is 15.4. The van der Waals surface area contributed by atoms with Crippen molar-refractivity contribution in [3.63, 3.8) is 0 Å². The molecule has 1 aromatic rings. The Bertz CT molecular complexity index is 950. The number of anilines is 1. The highest BCUT2D eigenvalue weighted by Gasteiger charge is 2.35. The summed E-state index contributed by atoms with van der Waals surface area (Å²) in [7, 11) is 1.26. The van der Waals surface area contributed by atoms with E-state index in [1.54, 1.807) is 12.1 Å². The van der Waals surface area contributed by atoms with Crippen LogP contribution in [-0.4, -0.2) is 80.4 Å². The standard InChI is InChI=1S/C22H27FN4O4S/c1-22(6-5-19(25-14-22)26-7-9-32-10-8-26)17-4-3-15(11-18(17)23)27-13-16(31-21(27)29)12-24-20(28)30-2/h3-6,11,16H,7-10,12-14H2,1-2H3,(H,24,28). The number of rotatable bonds is 4. The highest BCUT2D eigenvalue weighted by molar-refractivity contribution is 7.99. The van der Waals surface area contributed by atoms with Crippen LogP contribution in [0.3, 0.4) is 0 Å². The van der Waals surface area contributed by atoms with Gasteiger partial charge in [0.25, 0.3) is 0 Å². The van der Waals surface area contributed by atoms with Gasteiger partial charge in [0.05, 0.1) is 32.4 Å². The molecule has 0 saturated carbocycles. The number of nitrogens with zero attached hydrogens (tertiary/aromatic N) is 3. The summed E-state index contributed by atoms with van der Waals surface area (Å²) < 4.78 is 24.9. The van der Waals surface area contributed by atoms with Gasteiger partial charge in [-0.1, -0.05) is 19.1 Å². The summed E-state index contributed by atoms with van der Waals surface area (Å²) in [5.41, 5.74) is 0.385. The molecular weight excluding hydrogens is 435 g/mol. The molecule has 4 rings (SSSR count). The van der Waals surface area contributed by atoms with E-state index in [9.17, 15) is 9.59 Å². The fraction of sp³-hybridized carbons (Fsp3) is 0.500. The summed E-state index contributed by atoms with van der Waals surface area (Å²) in [6.45, 7) is 4.72. The Hall–Kier alpha value is -2.75. The second kappa shape index (κ2) is 9.40. The van der Waals surface area contributed by atoms with Crippen LogP contribution < -0.4 is 10.2 Å². The van der Waals surface area contributed by atoms with E-state index in [0.29, 0.717) is 17.8 Å². The molecule has 0 aromatic heterocycles. The molecule has 0 spiro atoms. The number of dihydropyridines is 1. The van der Waals surface area contributed by atoms with E-state index in [2.05, 4.69) is 15.0 Å². The molecule has 2 amide bonds. The third-order valence-corrected chi connectivity index (χ3v) is 6.86. The van der Waals surface area contributed by atoms with Crippen molar-refractivity contribution in [2.75, 3.05) is 56.2 Å². The van der Waals surface area contributed by atoms with E-state index >= 15 is 4.39 Å². The fourth-order valence-corrected chi connectivity index (χ4v) is 4.93. The molecule has 0 aliphatic carbocycles. The van der Waals surface area contributed by atoms with Gasteiger partial charge in [0, 0.05) is 30.0 Å². The number of alkyl carbamates (subject to hydrolysis) is 1. The Morgan fingerprint density at radius 1 is 1.41 bits per heavy atom. The Balaban J connectivity index is 1.43. The first-order valence-corrected chi connectivity index (χ1v) is 11.7. The van der Waals surface area contributed by atoms with Gasteiger partial charge >= 0.3 is 12.2 Å². The van der Waals surface area contributed by atoms with Crippen LogP contribution in [0.4, 0.5) is 19.7 Å². The van der Waals surface area contributed by atoms with Crippen LogP contribution in [0, 0.1) is 5.82 Å². The fourth-order valence-electron chi connectivity index (χ4n) is 4.02. The van der Waals surface area contributed by atoms with E-state index in [1.165, 1.54) is 18.1 Å². The molecule has 2 fully saturated rings. The third-order valence-electron chi connectivity index (χ3n) is 5.92. The van der Waals surface area contributed by atoms with Gasteiger partial charge in [-0.05, 0) is 23.8 Å². The normalized spacial score (nSPS) is 25.4. The van der Waals surface area contributed by atoms with Gasteiger partial charge in [-0.25, -0.2) is 14.0 Å². The van der Waals surface area contributed by atoms with Crippen molar-refractivity contribution in [2.24, 2.45) is 4.99 Å². The Morgan fingerprint density at radius 2 is 2.19 bits per heavy atom. The van der Waals surface area contributed by atoms with Crippen molar-refractivity contribution in [3.8, 4) is 0 Å². The van der Waals surface area contributed by atoms with E-state index in [4.69, 9.17) is 9.73 Å². The van der Waals surface area contributed by atoms with Gasteiger partial charge in [-0.3, -0.25) is 9.89 Å². The number of amidine groups is 1. The molecule has 3 aliphatic rings. The van der Waals surface area contributed by atoms with Crippen LogP contribution in [0.1, 0.15) is 12.5 Å². The summed E-state index contributed by atoms with van der Waals surface area (Å²) >= 11 is 1.95. The van der Waals surface area contributed by atoms with Crippen molar-refractivity contribution in [2.45, 2.75) is 18.4 Å². The molecule has 1 aromatic carbocycles. The van der Waals surface area contributed by atoms with Gasteiger partial charge in [0.2, 0.25) is 0 Å². The van der Waals surface area contributed by atoms with E-state index in [0.717, 1.165) is 30.4 Å². The molecular formula is C22H27FN4O4S. The van der Waals surface area contributed by atoms with Crippen molar-refractivity contribution in [3.05, 3.63) is 41.7 Å². The number of hydrogen-bond acceptors (Lipinski definition) is 7. The zero-order chi connectivity index (χ0) is 22.7. The van der Waals surface area contributed by atoms with Gasteiger partial charge in [0.1, 0.15) is 17.8 Å². The Morgan fingerprint density at radius 3 is 2.84 bits per heavy atom. The van der Waals surface area contributed by atoms with Crippen LogP contribution in [0.15, 0.2) is 35.3 Å². The van der Waals surface area contributed by atoms with Crippen molar-refractivity contribution >= 4 is 35.5 Å². The lowest BCUT2D eigenvalue weighted by Gasteiger charge is -2.34. The van der Waals surface area contributed by atoms with Crippen LogP contribution in [0.5, 0.6) is 0 Å². The smallest absolute Gasteiger partial charge is 0.414 e. The van der Waals surface area contributed by atoms with Gasteiger partial charge in [-0.15, -0.1) is 0 Å². The zero-order valence-corrected chi connectivity index (χ0v) is 19.0. The summed E-state index contributed by atoms with van der Waals surface area (Å²) in [6, 6.07) is 4.78. The molecule has 172 valence electrons. The average molecular weight is 463 g/mol. The number of aliphatic imine (C=N–C) groups is 1. The van der Waals surface area contributed by atoms with Crippen LogP contribution >= 0.6 is 11.8 Å². The third kappa shape index (κ3) is 4.69. The Kier molecular flexibility index (Phi) is 6.59. The highest BCUT2D eigenvalue weighted by Crippen LogP contribution is 2.33. The number of carbonyl (C=O) groups is 2. The molecule has 2 atom stereocenters. The lowest BCUT2D eigenvalue weighted by molar-refractivity contribution is 0.132. The molecule has 0 radical (unpaired) electrons. The molecule has 0 bridgehead atoms. The number of cyclic esters (lactones) is 1. The first-order valence-electron chi connectivity index (χ1n) is 10.6. The number of methoxy groups -OCH3 is 1. The maximum atomic E-state index is 15.2. The number of amides is 2. The number of thioether (sulfide) groups is 1. The van der Waals surface area contributed by atoms with Gasteiger partial charge in [-0.2, -0.15) is 11.8 Å².